The maximum Gasteiger partial charge on any atom is 0.356 e. The second-order valence-corrected chi connectivity index (χ2v) is 5.32. The number of quaternary nitrogens is 1. The molecule has 0 rings (SSSR count). The van der Waals surface area contributed by atoms with Gasteiger partial charge in [0.05, 0.1) is 41.0 Å². The summed E-state index contributed by atoms with van der Waals surface area (Å²) in [5, 5.41) is 0. The third-order valence-electron chi connectivity index (χ3n) is 2.35. The number of carbonyl (C=O) groups excluding carboxylic acids is 2. The van der Waals surface area contributed by atoms with Gasteiger partial charge in [-0.1, -0.05) is 6.08 Å². The summed E-state index contributed by atoms with van der Waals surface area (Å²) in [6.45, 7) is 7.37. The summed E-state index contributed by atoms with van der Waals surface area (Å²) in [6.07, 6.45) is 1.48. The zero-order chi connectivity index (χ0) is 15.8. The van der Waals surface area contributed by atoms with E-state index in [9.17, 15) is 9.59 Å². The number of hydrogen-bond acceptors (Lipinski definition) is 5. The Bertz CT molecular complexity index is 334. The van der Waals surface area contributed by atoms with Gasteiger partial charge in [-0.25, -0.2) is 9.59 Å². The fourth-order valence-corrected chi connectivity index (χ4v) is 1.74. The Kier molecular flexibility index (Phi) is 10.9. The molecule has 0 aliphatic rings. The van der Waals surface area contributed by atoms with Crippen LogP contribution in [0.4, 0.5) is 0 Å². The summed E-state index contributed by atoms with van der Waals surface area (Å²) >= 11 is 0. The molecule has 0 aromatic rings. The minimum absolute atomic E-state index is 0. The van der Waals surface area contributed by atoms with Gasteiger partial charge in [-0.05, 0) is 13.8 Å². The summed E-state index contributed by atoms with van der Waals surface area (Å²) in [5.41, 5.74) is -1.77. The van der Waals surface area contributed by atoms with Crippen molar-refractivity contribution in [3.05, 3.63) is 12.7 Å². The molecule has 0 atom stereocenters. The summed E-state index contributed by atoms with van der Waals surface area (Å²) in [4.78, 5) is 24.5. The van der Waals surface area contributed by atoms with Gasteiger partial charge in [0.15, 0.2) is 0 Å². The number of carbonyl (C=O) groups is 2. The second-order valence-electron chi connectivity index (χ2n) is 5.32. The van der Waals surface area contributed by atoms with Gasteiger partial charge >= 0.3 is 17.5 Å². The third kappa shape index (κ3) is 7.23. The van der Waals surface area contributed by atoms with Crippen molar-refractivity contribution in [2.75, 3.05) is 47.5 Å². The Balaban J connectivity index is 0. The lowest BCUT2D eigenvalue weighted by Crippen LogP contribution is -3.00. The van der Waals surface area contributed by atoms with E-state index in [-0.39, 0.29) is 50.3 Å². The molecule has 0 radical (unpaired) electrons. The Morgan fingerprint density at radius 1 is 1.10 bits per heavy atom. The van der Waals surface area contributed by atoms with E-state index in [0.717, 1.165) is 0 Å². The van der Waals surface area contributed by atoms with E-state index in [1.165, 1.54) is 6.08 Å². The van der Waals surface area contributed by atoms with Crippen molar-refractivity contribution in [2.45, 2.75) is 19.4 Å². The maximum atomic E-state index is 12.3. The predicted molar refractivity (Wildman–Crippen MR) is 75.0 cm³/mol. The van der Waals surface area contributed by atoms with Gasteiger partial charge in [0.1, 0.15) is 6.54 Å². The van der Waals surface area contributed by atoms with Crippen LogP contribution in [0.1, 0.15) is 13.8 Å². The molecule has 0 heterocycles. The van der Waals surface area contributed by atoms with Gasteiger partial charge in [-0.15, -0.1) is 6.58 Å². The van der Waals surface area contributed by atoms with Crippen molar-refractivity contribution in [3.63, 3.8) is 0 Å². The highest BCUT2D eigenvalue weighted by Crippen LogP contribution is 2.20. The van der Waals surface area contributed by atoms with Crippen molar-refractivity contribution in [1.82, 2.24) is 0 Å². The Morgan fingerprint density at radius 3 is 1.81 bits per heavy atom. The molecule has 0 unspecified atom stereocenters. The molecule has 0 saturated heterocycles. The SMILES string of the molecule is C=CCOC(C[N+](C)(C)C)(C(=O)OCC)C(=O)OCC.[I-]. The lowest BCUT2D eigenvalue weighted by Gasteiger charge is -2.35. The molecule has 0 fully saturated rings. The van der Waals surface area contributed by atoms with Gasteiger partial charge in [-0.3, -0.25) is 0 Å². The summed E-state index contributed by atoms with van der Waals surface area (Å²) in [7, 11) is 5.55. The van der Waals surface area contributed by atoms with Crippen molar-refractivity contribution in [2.24, 2.45) is 0 Å². The Hall–Kier alpha value is -0.670. The average molecular weight is 415 g/mol. The van der Waals surface area contributed by atoms with Crippen molar-refractivity contribution < 1.29 is 52.3 Å². The number of halogens is 1. The van der Waals surface area contributed by atoms with E-state index in [4.69, 9.17) is 14.2 Å². The fourth-order valence-electron chi connectivity index (χ4n) is 1.74. The molecule has 0 bridgehead atoms. The van der Waals surface area contributed by atoms with E-state index < -0.39 is 17.5 Å². The topological polar surface area (TPSA) is 61.8 Å². The molecule has 0 saturated carbocycles. The van der Waals surface area contributed by atoms with Crippen molar-refractivity contribution in [1.29, 1.82) is 0 Å². The highest BCUT2D eigenvalue weighted by atomic mass is 127. The number of ether oxygens (including phenoxy) is 3. The van der Waals surface area contributed by atoms with Crippen LogP contribution >= 0.6 is 0 Å². The van der Waals surface area contributed by atoms with E-state index in [0.29, 0.717) is 4.48 Å². The molecular weight excluding hydrogens is 389 g/mol. The summed E-state index contributed by atoms with van der Waals surface area (Å²) < 4.78 is 15.9. The number of rotatable bonds is 9. The number of hydrogen-bond donors (Lipinski definition) is 0. The molecule has 0 aliphatic carbocycles. The third-order valence-corrected chi connectivity index (χ3v) is 2.35. The first kappa shape index (κ1) is 22.6. The van der Waals surface area contributed by atoms with Gasteiger partial charge in [0.25, 0.3) is 0 Å². The van der Waals surface area contributed by atoms with Crippen LogP contribution in [-0.4, -0.2) is 69.5 Å². The molecule has 21 heavy (non-hydrogen) atoms. The molecule has 7 heteroatoms. The summed E-state index contributed by atoms with van der Waals surface area (Å²) in [6, 6.07) is 0. The standard InChI is InChI=1S/C14H26NO5.HI/c1-7-10-20-14(11-15(4,5)6,12(16)18-8-2)13(17)19-9-3;/h7H,1,8-11H2,2-6H3;1H/q+1;/p-1. The minimum atomic E-state index is -1.77. The number of esters is 2. The van der Waals surface area contributed by atoms with Crippen LogP contribution < -0.4 is 24.0 Å². The first-order chi connectivity index (χ1) is 9.23. The lowest BCUT2D eigenvalue weighted by atomic mass is 10.0. The molecule has 0 aromatic carbocycles. The van der Waals surface area contributed by atoms with Gasteiger partial charge in [-0.2, -0.15) is 0 Å². The van der Waals surface area contributed by atoms with E-state index in [2.05, 4.69) is 6.58 Å². The van der Waals surface area contributed by atoms with Crippen LogP contribution in [0.3, 0.4) is 0 Å². The zero-order valence-corrected chi connectivity index (χ0v) is 15.6. The first-order valence-electron chi connectivity index (χ1n) is 6.63. The summed E-state index contributed by atoms with van der Waals surface area (Å²) in [5.74, 6) is -1.46. The molecule has 0 aromatic heterocycles. The quantitative estimate of drug-likeness (QED) is 0.140. The van der Waals surface area contributed by atoms with Gasteiger partial charge < -0.3 is 42.7 Å². The lowest BCUT2D eigenvalue weighted by molar-refractivity contribution is -0.874. The minimum Gasteiger partial charge on any atom is -1.00 e. The molecular formula is C14H26INO5. The smallest absolute Gasteiger partial charge is 0.356 e. The zero-order valence-electron chi connectivity index (χ0n) is 13.5. The molecule has 6 nitrogen and oxygen atoms in total. The molecule has 0 N–H and O–H groups in total. The van der Waals surface area contributed by atoms with Crippen LogP contribution in [0.2, 0.25) is 0 Å². The van der Waals surface area contributed by atoms with Crippen molar-refractivity contribution in [3.8, 4) is 0 Å². The highest BCUT2D eigenvalue weighted by molar-refractivity contribution is 6.04. The fraction of sp³-hybridized carbons (Fsp3) is 0.714. The molecule has 124 valence electrons. The molecule has 0 aliphatic heterocycles. The van der Waals surface area contributed by atoms with Crippen LogP contribution in [0.15, 0.2) is 12.7 Å². The van der Waals surface area contributed by atoms with Crippen LogP contribution in [-0.2, 0) is 23.8 Å². The highest BCUT2D eigenvalue weighted by Gasteiger charge is 2.54. The van der Waals surface area contributed by atoms with Crippen LogP contribution in [0.25, 0.3) is 0 Å². The number of likely N-dealkylation sites (N-methyl/N-ethyl adjacent to an activating group) is 1. The first-order valence-corrected chi connectivity index (χ1v) is 6.63. The monoisotopic (exact) mass is 415 g/mol. The Labute approximate surface area is 144 Å². The average Bonchev–Trinajstić information content (AvgIpc) is 2.33. The van der Waals surface area contributed by atoms with Crippen LogP contribution in [0, 0.1) is 0 Å². The normalized spacial score (nSPS) is 11.3. The van der Waals surface area contributed by atoms with Crippen LogP contribution in [0.5, 0.6) is 0 Å². The molecule has 0 spiro atoms. The van der Waals surface area contributed by atoms with E-state index in [1.54, 1.807) is 13.8 Å². The van der Waals surface area contributed by atoms with Gasteiger partial charge in [0, 0.05) is 0 Å². The Morgan fingerprint density at radius 2 is 1.52 bits per heavy atom. The van der Waals surface area contributed by atoms with Gasteiger partial charge in [0.2, 0.25) is 0 Å². The van der Waals surface area contributed by atoms with E-state index in [1.807, 2.05) is 21.1 Å². The predicted octanol–water partition coefficient (Wildman–Crippen LogP) is -2.24. The largest absolute Gasteiger partial charge is 1.00 e. The van der Waals surface area contributed by atoms with Crippen molar-refractivity contribution >= 4 is 11.9 Å². The number of nitrogens with zero attached hydrogens (tertiary/aromatic N) is 1. The maximum absolute atomic E-state index is 12.3. The molecule has 0 amide bonds. The second kappa shape index (κ2) is 10.1. The van der Waals surface area contributed by atoms with E-state index >= 15 is 0 Å².